The van der Waals surface area contributed by atoms with Crippen molar-refractivity contribution in [1.82, 2.24) is 0 Å². The molecule has 1 aromatic rings. The van der Waals surface area contributed by atoms with Crippen LogP contribution in [0.2, 0.25) is 0 Å². The van der Waals surface area contributed by atoms with Crippen LogP contribution in [-0.4, -0.2) is 7.33 Å². The Balaban J connectivity index is 2.94. The lowest BCUT2D eigenvalue weighted by Crippen LogP contribution is -2.11. The Hall–Kier alpha value is 0.240. The van der Waals surface area contributed by atoms with Gasteiger partial charge in [-0.2, -0.15) is 0 Å². The predicted octanol–water partition coefficient (Wildman–Crippen LogP) is 3.12. The molecule has 0 saturated heterocycles. The second kappa shape index (κ2) is 3.97. The van der Waals surface area contributed by atoms with E-state index in [1.165, 1.54) is 0 Å². The molecule has 1 rings (SSSR count). The average molecular weight is 244 g/mol. The SMILES string of the molecule is O=S(c1ccccc1)C(Cl)(Cl)Cl. The van der Waals surface area contributed by atoms with Gasteiger partial charge in [-0.3, -0.25) is 0 Å². The van der Waals surface area contributed by atoms with Gasteiger partial charge in [0.1, 0.15) is 10.8 Å². The van der Waals surface area contributed by atoms with Crippen molar-refractivity contribution < 1.29 is 4.21 Å². The van der Waals surface area contributed by atoms with E-state index in [9.17, 15) is 4.21 Å². The Bertz CT molecular complexity index is 280. The van der Waals surface area contributed by atoms with Crippen molar-refractivity contribution in [3.8, 4) is 0 Å². The molecule has 0 aliphatic heterocycles. The van der Waals surface area contributed by atoms with Gasteiger partial charge in [0, 0.05) is 4.90 Å². The van der Waals surface area contributed by atoms with Crippen LogP contribution < -0.4 is 0 Å². The summed E-state index contributed by atoms with van der Waals surface area (Å²) in [6.07, 6.45) is 0. The maximum Gasteiger partial charge on any atom is 0.270 e. The van der Waals surface area contributed by atoms with Gasteiger partial charge in [0.25, 0.3) is 3.12 Å². The standard InChI is InChI=1S/C7H5Cl3OS/c8-7(9,10)12(11)6-4-2-1-3-5-6/h1-5H. The van der Waals surface area contributed by atoms with Crippen molar-refractivity contribution in [1.29, 1.82) is 0 Å². The lowest BCUT2D eigenvalue weighted by molar-refractivity contribution is 0.683. The highest BCUT2D eigenvalue weighted by Gasteiger charge is 2.29. The molecular formula is C7H5Cl3OS. The molecule has 66 valence electrons. The highest BCUT2D eigenvalue weighted by atomic mass is 35.6. The van der Waals surface area contributed by atoms with Gasteiger partial charge in [-0.1, -0.05) is 53.0 Å². The van der Waals surface area contributed by atoms with Gasteiger partial charge in [-0.05, 0) is 12.1 Å². The summed E-state index contributed by atoms with van der Waals surface area (Å²) >= 11 is 16.3. The Morgan fingerprint density at radius 1 is 1.08 bits per heavy atom. The van der Waals surface area contributed by atoms with Gasteiger partial charge in [0.05, 0.1) is 0 Å². The zero-order chi connectivity index (χ0) is 9.19. The first-order valence-corrected chi connectivity index (χ1v) is 5.34. The van der Waals surface area contributed by atoms with E-state index in [1.807, 2.05) is 0 Å². The summed E-state index contributed by atoms with van der Waals surface area (Å²) in [7, 11) is -1.60. The van der Waals surface area contributed by atoms with E-state index in [1.54, 1.807) is 30.3 Å². The lowest BCUT2D eigenvalue weighted by atomic mass is 10.4. The van der Waals surface area contributed by atoms with E-state index >= 15 is 0 Å². The van der Waals surface area contributed by atoms with Crippen molar-refractivity contribution in [3.05, 3.63) is 30.3 Å². The Morgan fingerprint density at radius 2 is 1.58 bits per heavy atom. The van der Waals surface area contributed by atoms with Crippen LogP contribution >= 0.6 is 34.8 Å². The molecule has 0 radical (unpaired) electrons. The predicted molar refractivity (Wildman–Crippen MR) is 53.1 cm³/mol. The summed E-state index contributed by atoms with van der Waals surface area (Å²) in [5.41, 5.74) is 0. The second-order valence-electron chi connectivity index (χ2n) is 2.03. The molecule has 0 saturated carbocycles. The van der Waals surface area contributed by atoms with Crippen LogP contribution in [0, 0.1) is 0 Å². The second-order valence-corrected chi connectivity index (χ2v) is 6.60. The summed E-state index contributed by atoms with van der Waals surface area (Å²) < 4.78 is 9.63. The summed E-state index contributed by atoms with van der Waals surface area (Å²) in [6.45, 7) is 0. The third-order valence-electron chi connectivity index (χ3n) is 1.17. The van der Waals surface area contributed by atoms with Crippen LogP contribution in [0.4, 0.5) is 0 Å². The smallest absolute Gasteiger partial charge is 0.250 e. The fraction of sp³-hybridized carbons (Fsp3) is 0.143. The first-order valence-electron chi connectivity index (χ1n) is 3.05. The maximum atomic E-state index is 11.4. The normalized spacial score (nSPS) is 14.2. The number of hydrogen-bond acceptors (Lipinski definition) is 1. The maximum absolute atomic E-state index is 11.4. The fourth-order valence-corrected chi connectivity index (χ4v) is 2.15. The molecule has 0 aliphatic carbocycles. The molecule has 0 amide bonds. The molecule has 0 bridgehead atoms. The lowest BCUT2D eigenvalue weighted by Gasteiger charge is -2.09. The minimum Gasteiger partial charge on any atom is -0.250 e. The first-order chi connectivity index (χ1) is 5.52. The van der Waals surface area contributed by atoms with Crippen LogP contribution in [0.3, 0.4) is 0 Å². The molecule has 1 atom stereocenters. The summed E-state index contributed by atoms with van der Waals surface area (Å²) in [5, 5.41) is 0. The summed E-state index contributed by atoms with van der Waals surface area (Å²) in [6, 6.07) is 8.59. The number of hydrogen-bond donors (Lipinski definition) is 0. The molecule has 12 heavy (non-hydrogen) atoms. The number of benzene rings is 1. The molecular weight excluding hydrogens is 239 g/mol. The minimum atomic E-state index is -1.75. The zero-order valence-electron chi connectivity index (χ0n) is 5.84. The number of rotatable bonds is 1. The molecule has 0 spiro atoms. The molecule has 1 aromatic carbocycles. The molecule has 1 unspecified atom stereocenters. The van der Waals surface area contributed by atoms with Crippen LogP contribution in [0.15, 0.2) is 35.2 Å². The molecule has 0 N–H and O–H groups in total. The van der Waals surface area contributed by atoms with Gasteiger partial charge in [-0.25, -0.2) is 4.21 Å². The fourth-order valence-electron chi connectivity index (χ4n) is 0.678. The van der Waals surface area contributed by atoms with Gasteiger partial charge in [0.15, 0.2) is 0 Å². The third kappa shape index (κ3) is 2.63. The Morgan fingerprint density at radius 3 is 2.00 bits per heavy atom. The topological polar surface area (TPSA) is 17.1 Å². The zero-order valence-corrected chi connectivity index (χ0v) is 8.92. The highest BCUT2D eigenvalue weighted by molar-refractivity contribution is 7.91. The Labute approximate surface area is 88.1 Å². The van der Waals surface area contributed by atoms with Gasteiger partial charge < -0.3 is 0 Å². The first kappa shape index (κ1) is 10.3. The van der Waals surface area contributed by atoms with E-state index in [2.05, 4.69) is 0 Å². The number of alkyl halides is 3. The van der Waals surface area contributed by atoms with E-state index in [4.69, 9.17) is 34.8 Å². The van der Waals surface area contributed by atoms with Crippen LogP contribution in [0.25, 0.3) is 0 Å². The van der Waals surface area contributed by atoms with E-state index < -0.39 is 13.9 Å². The highest BCUT2D eigenvalue weighted by Crippen LogP contribution is 2.33. The minimum absolute atomic E-state index is 0.512. The molecule has 0 aliphatic rings. The largest absolute Gasteiger partial charge is 0.270 e. The summed E-state index contributed by atoms with van der Waals surface area (Å²) in [5.74, 6) is 0. The molecule has 0 heterocycles. The van der Waals surface area contributed by atoms with Gasteiger partial charge >= 0.3 is 0 Å². The third-order valence-corrected chi connectivity index (χ3v) is 3.55. The van der Waals surface area contributed by atoms with Crippen LogP contribution in [0.1, 0.15) is 0 Å². The van der Waals surface area contributed by atoms with E-state index in [0.717, 1.165) is 0 Å². The number of halogens is 3. The molecule has 0 fully saturated rings. The Kier molecular flexibility index (Phi) is 3.41. The molecule has 0 aromatic heterocycles. The quantitative estimate of drug-likeness (QED) is 0.693. The monoisotopic (exact) mass is 242 g/mol. The van der Waals surface area contributed by atoms with E-state index in [-0.39, 0.29) is 0 Å². The van der Waals surface area contributed by atoms with Crippen LogP contribution in [-0.2, 0) is 10.8 Å². The van der Waals surface area contributed by atoms with Crippen molar-refractivity contribution in [3.63, 3.8) is 0 Å². The summed E-state index contributed by atoms with van der Waals surface area (Å²) in [4.78, 5) is 0.512. The van der Waals surface area contributed by atoms with Crippen LogP contribution in [0.5, 0.6) is 0 Å². The molecule has 1 nitrogen and oxygen atoms in total. The molecule has 5 heteroatoms. The van der Waals surface area contributed by atoms with Crippen molar-refractivity contribution in [2.45, 2.75) is 8.02 Å². The van der Waals surface area contributed by atoms with Gasteiger partial charge in [-0.15, -0.1) is 0 Å². The van der Waals surface area contributed by atoms with Crippen molar-refractivity contribution in [2.24, 2.45) is 0 Å². The average Bonchev–Trinajstić information content (AvgIpc) is 2.03. The van der Waals surface area contributed by atoms with Crippen molar-refractivity contribution in [2.75, 3.05) is 0 Å². The van der Waals surface area contributed by atoms with Crippen molar-refractivity contribution >= 4 is 45.6 Å². The van der Waals surface area contributed by atoms with Gasteiger partial charge in [0.2, 0.25) is 0 Å². The van der Waals surface area contributed by atoms with E-state index in [0.29, 0.717) is 4.90 Å².